The van der Waals surface area contributed by atoms with Gasteiger partial charge in [0.25, 0.3) is 0 Å². The van der Waals surface area contributed by atoms with E-state index in [1.165, 1.54) is 0 Å². The number of aromatic nitrogens is 2. The first-order valence-corrected chi connectivity index (χ1v) is 7.22. The summed E-state index contributed by atoms with van der Waals surface area (Å²) >= 11 is 5.01. The monoisotopic (exact) mass is 327 g/mol. The van der Waals surface area contributed by atoms with Crippen LogP contribution in [0.3, 0.4) is 0 Å². The van der Waals surface area contributed by atoms with Crippen LogP contribution in [0.15, 0.2) is 22.0 Å². The van der Waals surface area contributed by atoms with Crippen molar-refractivity contribution in [3.05, 3.63) is 38.3 Å². The number of carbonyl (C=O) groups excluding carboxylic acids is 1. The van der Waals surface area contributed by atoms with Crippen molar-refractivity contribution in [3.8, 4) is 0 Å². The molecule has 4 nitrogen and oxygen atoms in total. The third kappa shape index (κ3) is 3.43. The molecule has 18 heavy (non-hydrogen) atoms. The minimum Gasteiger partial charge on any atom is -0.350 e. The van der Waals surface area contributed by atoms with Crippen LogP contribution >= 0.6 is 27.3 Å². The van der Waals surface area contributed by atoms with Crippen molar-refractivity contribution in [2.45, 2.75) is 26.9 Å². The molecule has 0 aliphatic carbocycles. The lowest BCUT2D eigenvalue weighted by molar-refractivity contribution is -0.122. The van der Waals surface area contributed by atoms with Gasteiger partial charge in [-0.15, -0.1) is 11.3 Å². The van der Waals surface area contributed by atoms with Gasteiger partial charge in [0, 0.05) is 20.4 Å². The van der Waals surface area contributed by atoms with Gasteiger partial charge in [-0.1, -0.05) is 0 Å². The molecule has 0 bridgehead atoms. The van der Waals surface area contributed by atoms with E-state index >= 15 is 0 Å². The minimum atomic E-state index is -0.0225. The van der Waals surface area contributed by atoms with Crippen molar-refractivity contribution < 1.29 is 4.79 Å². The molecule has 96 valence electrons. The van der Waals surface area contributed by atoms with Gasteiger partial charge in [-0.25, -0.2) is 0 Å². The Morgan fingerprint density at radius 3 is 2.83 bits per heavy atom. The quantitative estimate of drug-likeness (QED) is 0.938. The van der Waals surface area contributed by atoms with Gasteiger partial charge in [0.15, 0.2) is 0 Å². The van der Waals surface area contributed by atoms with Crippen LogP contribution in [-0.4, -0.2) is 15.7 Å². The highest BCUT2D eigenvalue weighted by Gasteiger charge is 2.07. The molecule has 0 radical (unpaired) electrons. The molecular formula is C12H14BrN3OS. The van der Waals surface area contributed by atoms with Crippen LogP contribution in [0.5, 0.6) is 0 Å². The summed E-state index contributed by atoms with van der Waals surface area (Å²) in [5, 5.41) is 9.15. The Hall–Kier alpha value is -1.14. The topological polar surface area (TPSA) is 46.9 Å². The summed E-state index contributed by atoms with van der Waals surface area (Å²) in [4.78, 5) is 12.9. The number of aryl methyl sites for hydroxylation is 2. The normalized spacial score (nSPS) is 10.6. The molecule has 2 heterocycles. The van der Waals surface area contributed by atoms with Crippen molar-refractivity contribution in [3.63, 3.8) is 0 Å². The number of rotatable bonds is 4. The fourth-order valence-electron chi connectivity index (χ4n) is 1.66. The lowest BCUT2D eigenvalue weighted by Gasteiger charge is -2.05. The summed E-state index contributed by atoms with van der Waals surface area (Å²) in [6.45, 7) is 4.70. The van der Waals surface area contributed by atoms with Gasteiger partial charge >= 0.3 is 0 Å². The molecule has 0 aromatic carbocycles. The first-order chi connectivity index (χ1) is 8.54. The second-order valence-corrected chi connectivity index (χ2v) is 6.00. The number of hydrogen-bond donors (Lipinski definition) is 1. The van der Waals surface area contributed by atoms with Crippen molar-refractivity contribution in [1.82, 2.24) is 15.1 Å². The SMILES string of the molecule is Cc1cc(C)n(CC(=O)NCc2cc(Br)cs2)n1. The highest BCUT2D eigenvalue weighted by atomic mass is 79.9. The standard InChI is InChI=1S/C12H14BrN3OS/c1-8-3-9(2)16(15-8)6-12(17)14-5-11-4-10(13)7-18-11/h3-4,7H,5-6H2,1-2H3,(H,14,17). The number of carbonyl (C=O) groups is 1. The molecule has 0 spiro atoms. The predicted octanol–water partition coefficient (Wildman–Crippen LogP) is 2.64. The van der Waals surface area contributed by atoms with E-state index in [4.69, 9.17) is 0 Å². The summed E-state index contributed by atoms with van der Waals surface area (Å²) in [7, 11) is 0. The van der Waals surface area contributed by atoms with Crippen LogP contribution in [0.2, 0.25) is 0 Å². The fourth-order valence-corrected chi connectivity index (χ4v) is 3.05. The molecular weight excluding hydrogens is 314 g/mol. The Labute approximate surface area is 118 Å². The number of nitrogens with zero attached hydrogens (tertiary/aromatic N) is 2. The molecule has 2 rings (SSSR count). The number of amides is 1. The van der Waals surface area contributed by atoms with Crippen LogP contribution in [0, 0.1) is 13.8 Å². The maximum absolute atomic E-state index is 11.8. The van der Waals surface area contributed by atoms with Gasteiger partial charge < -0.3 is 5.32 Å². The molecule has 0 aliphatic heterocycles. The molecule has 2 aromatic heterocycles. The number of hydrogen-bond acceptors (Lipinski definition) is 3. The molecule has 1 N–H and O–H groups in total. The average molecular weight is 328 g/mol. The van der Waals surface area contributed by atoms with E-state index < -0.39 is 0 Å². The summed E-state index contributed by atoms with van der Waals surface area (Å²) < 4.78 is 2.77. The van der Waals surface area contributed by atoms with E-state index in [0.29, 0.717) is 6.54 Å². The third-order valence-corrected chi connectivity index (χ3v) is 4.18. The maximum Gasteiger partial charge on any atom is 0.242 e. The first kappa shape index (κ1) is 13.3. The van der Waals surface area contributed by atoms with Crippen LogP contribution in [-0.2, 0) is 17.9 Å². The van der Waals surface area contributed by atoms with Crippen LogP contribution in [0.25, 0.3) is 0 Å². The first-order valence-electron chi connectivity index (χ1n) is 5.55. The molecule has 0 unspecified atom stereocenters. The van der Waals surface area contributed by atoms with Crippen molar-refractivity contribution >= 4 is 33.2 Å². The van der Waals surface area contributed by atoms with Gasteiger partial charge in [-0.3, -0.25) is 9.48 Å². The maximum atomic E-state index is 11.8. The Morgan fingerprint density at radius 2 is 2.28 bits per heavy atom. The fraction of sp³-hybridized carbons (Fsp3) is 0.333. The molecule has 0 atom stereocenters. The molecule has 2 aromatic rings. The highest BCUT2D eigenvalue weighted by Crippen LogP contribution is 2.19. The van der Waals surface area contributed by atoms with E-state index in [0.717, 1.165) is 20.7 Å². The molecule has 0 fully saturated rings. The molecule has 1 amide bonds. The Bertz CT molecular complexity index is 561. The van der Waals surface area contributed by atoms with E-state index in [9.17, 15) is 4.79 Å². The molecule has 6 heteroatoms. The zero-order valence-electron chi connectivity index (χ0n) is 10.2. The number of nitrogens with one attached hydrogen (secondary N) is 1. The average Bonchev–Trinajstić information content (AvgIpc) is 2.83. The number of halogens is 1. The zero-order chi connectivity index (χ0) is 13.1. The predicted molar refractivity (Wildman–Crippen MR) is 75.6 cm³/mol. The van der Waals surface area contributed by atoms with E-state index in [2.05, 4.69) is 26.3 Å². The molecule has 0 aliphatic rings. The smallest absolute Gasteiger partial charge is 0.242 e. The largest absolute Gasteiger partial charge is 0.350 e. The van der Waals surface area contributed by atoms with Crippen LogP contribution < -0.4 is 5.32 Å². The molecule has 0 saturated carbocycles. The lowest BCUT2D eigenvalue weighted by Crippen LogP contribution is -2.27. The van der Waals surface area contributed by atoms with E-state index in [-0.39, 0.29) is 12.5 Å². The Kier molecular flexibility index (Phi) is 4.19. The van der Waals surface area contributed by atoms with Crippen molar-refractivity contribution in [2.75, 3.05) is 0 Å². The third-order valence-electron chi connectivity index (χ3n) is 2.48. The second kappa shape index (κ2) is 5.67. The van der Waals surface area contributed by atoms with E-state index in [1.54, 1.807) is 16.0 Å². The van der Waals surface area contributed by atoms with Gasteiger partial charge in [0.1, 0.15) is 6.54 Å². The van der Waals surface area contributed by atoms with Crippen LogP contribution in [0.4, 0.5) is 0 Å². The molecule has 0 saturated heterocycles. The minimum absolute atomic E-state index is 0.0225. The van der Waals surface area contributed by atoms with Crippen LogP contribution in [0.1, 0.15) is 16.3 Å². The summed E-state index contributed by atoms with van der Waals surface area (Å²) in [6.07, 6.45) is 0. The zero-order valence-corrected chi connectivity index (χ0v) is 12.6. The summed E-state index contributed by atoms with van der Waals surface area (Å²) in [5.41, 5.74) is 1.93. The van der Waals surface area contributed by atoms with Gasteiger partial charge in [-0.2, -0.15) is 5.10 Å². The van der Waals surface area contributed by atoms with E-state index in [1.807, 2.05) is 31.4 Å². The van der Waals surface area contributed by atoms with Crippen molar-refractivity contribution in [1.29, 1.82) is 0 Å². The van der Waals surface area contributed by atoms with Gasteiger partial charge in [0.05, 0.1) is 12.2 Å². The van der Waals surface area contributed by atoms with Gasteiger partial charge in [-0.05, 0) is 41.9 Å². The van der Waals surface area contributed by atoms with Crippen molar-refractivity contribution in [2.24, 2.45) is 0 Å². The second-order valence-electron chi connectivity index (χ2n) is 4.09. The summed E-state index contributed by atoms with van der Waals surface area (Å²) in [6, 6.07) is 3.97. The summed E-state index contributed by atoms with van der Waals surface area (Å²) in [5.74, 6) is -0.0225. The Morgan fingerprint density at radius 1 is 1.50 bits per heavy atom. The number of thiophene rings is 1. The highest BCUT2D eigenvalue weighted by molar-refractivity contribution is 9.10. The lowest BCUT2D eigenvalue weighted by atomic mass is 10.4. The Balaban J connectivity index is 1.87. The van der Waals surface area contributed by atoms with Gasteiger partial charge in [0.2, 0.25) is 5.91 Å².